The molecule has 0 saturated carbocycles. The summed E-state index contributed by atoms with van der Waals surface area (Å²) in [5.41, 5.74) is 7.20. The van der Waals surface area contributed by atoms with Crippen molar-refractivity contribution in [2.75, 3.05) is 45.9 Å². The maximum absolute atomic E-state index is 15.5. The van der Waals surface area contributed by atoms with Crippen molar-refractivity contribution in [3.05, 3.63) is 107 Å². The Kier molecular flexibility index (Phi) is 15.2. The zero-order chi connectivity index (χ0) is 50.7. The average molecular weight is 1000 g/mol. The van der Waals surface area contributed by atoms with Crippen LogP contribution in [0.15, 0.2) is 78.7 Å². The van der Waals surface area contributed by atoms with Crippen molar-refractivity contribution < 1.29 is 37.8 Å². The van der Waals surface area contributed by atoms with E-state index in [4.69, 9.17) is 9.72 Å². The Hall–Kier alpha value is -6.54. The number of aromatic nitrogens is 5. The number of β-amino-alcohol motifs (C(OH)–C–C–N with tert-alkyl or cyclic N) is 1. The molecule has 0 bridgehead atoms. The lowest BCUT2D eigenvalue weighted by Crippen LogP contribution is -2.57. The predicted octanol–water partition coefficient (Wildman–Crippen LogP) is 6.46. The number of carbonyl (C=O) groups is 4. The number of piperidine rings is 1. The number of fused-ring (bicyclic) bond motifs is 1. The van der Waals surface area contributed by atoms with E-state index >= 15 is 8.78 Å². The SMILES string of the molecule is Cc1ncsc1-c1ccc(CNC(=O)[C@@H]2C[C@@H](O)CN2C(=O)[C@@H](NC(=O)CCC(=O)N2CCC(n3cc(-c4cnc5cccc(-c6cc(F)c(CN7CCOCC7)c(F)c6)c5n4)cn3)CC2)C(C)(C)C)cc1. The summed E-state index contributed by atoms with van der Waals surface area (Å²) in [6.45, 7) is 11.0. The van der Waals surface area contributed by atoms with E-state index < -0.39 is 53.0 Å². The molecular formula is C53H60F2N10O6S. The summed E-state index contributed by atoms with van der Waals surface area (Å²) in [4.78, 5) is 74.6. The number of nitrogens with one attached hydrogen (secondary N) is 2. The smallest absolute Gasteiger partial charge is 0.246 e. The van der Waals surface area contributed by atoms with Crippen molar-refractivity contribution in [2.24, 2.45) is 5.41 Å². The van der Waals surface area contributed by atoms with E-state index in [0.29, 0.717) is 85.7 Å². The Morgan fingerprint density at radius 3 is 2.35 bits per heavy atom. The largest absolute Gasteiger partial charge is 0.391 e. The van der Waals surface area contributed by atoms with Crippen molar-refractivity contribution in [1.82, 2.24) is 50.1 Å². The van der Waals surface area contributed by atoms with E-state index in [1.807, 2.05) is 67.7 Å². The van der Waals surface area contributed by atoms with Crippen LogP contribution < -0.4 is 10.6 Å². The lowest BCUT2D eigenvalue weighted by atomic mass is 9.85. The van der Waals surface area contributed by atoms with Crippen molar-refractivity contribution in [3.63, 3.8) is 0 Å². The van der Waals surface area contributed by atoms with Crippen LogP contribution in [0.25, 0.3) is 43.9 Å². The normalized spacial score (nSPS) is 18.4. The van der Waals surface area contributed by atoms with Crippen LogP contribution in [0.5, 0.6) is 0 Å². The number of aryl methyl sites for hydroxylation is 1. The van der Waals surface area contributed by atoms with Crippen LogP contribution in [-0.4, -0.2) is 132 Å². The van der Waals surface area contributed by atoms with E-state index in [2.05, 4.69) is 25.7 Å². The molecule has 6 aromatic rings. The van der Waals surface area contributed by atoms with Crippen LogP contribution in [0, 0.1) is 24.0 Å². The van der Waals surface area contributed by atoms with E-state index in [1.165, 1.54) is 17.0 Å². The number of hydrogen-bond acceptors (Lipinski definition) is 12. The standard InChI is InChI=1S/C53H60F2N10O6S/c1-32-49(72-31-58-32)34-10-8-33(9-11-34)25-57-51(69)45-24-38(66)29-64(45)52(70)50(53(2,3)4)61-46(67)12-13-47(68)63-16-14-37(15-17-63)65-28-36(26-59-65)44-27-56-43-7-5-6-39(48(43)60-44)35-22-41(54)40(42(55)23-35)30-62-18-20-71-21-19-62/h5-11,22-23,26-28,31,37-38,45,50,66H,12-21,24-25,29-30H2,1-4H3,(H,57,69)(H,61,67)/t38-,45+,50-/m1/s1. The van der Waals surface area contributed by atoms with Gasteiger partial charge in [-0.2, -0.15) is 5.10 Å². The number of benzene rings is 3. The lowest BCUT2D eigenvalue weighted by Gasteiger charge is -2.35. The van der Waals surface area contributed by atoms with Gasteiger partial charge in [-0.05, 0) is 60.1 Å². The molecule has 0 unspecified atom stereocenters. The molecule has 3 aromatic heterocycles. The van der Waals surface area contributed by atoms with Gasteiger partial charge in [-0.3, -0.25) is 33.7 Å². The fraction of sp³-hybridized carbons (Fsp3) is 0.434. The molecule has 0 aliphatic carbocycles. The molecule has 19 heteroatoms. The Bertz CT molecular complexity index is 2920. The third kappa shape index (κ3) is 11.4. The molecule has 16 nitrogen and oxygen atoms in total. The number of morpholine rings is 1. The second-order valence-corrected chi connectivity index (χ2v) is 20.9. The summed E-state index contributed by atoms with van der Waals surface area (Å²) >= 11 is 1.56. The fourth-order valence-corrected chi connectivity index (χ4v) is 10.6. The molecule has 0 spiro atoms. The van der Waals surface area contributed by atoms with Crippen LogP contribution in [0.1, 0.15) is 75.7 Å². The topological polar surface area (TPSA) is 188 Å². The number of aliphatic hydroxyl groups is 1. The third-order valence-electron chi connectivity index (χ3n) is 13.9. The monoisotopic (exact) mass is 1000 g/mol. The van der Waals surface area contributed by atoms with E-state index in [0.717, 1.165) is 21.7 Å². The fourth-order valence-electron chi connectivity index (χ4n) is 9.74. The first kappa shape index (κ1) is 50.4. The molecule has 3 fully saturated rings. The van der Waals surface area contributed by atoms with Crippen molar-refractivity contribution in [1.29, 1.82) is 0 Å². The number of ether oxygens (including phenoxy) is 1. The Labute approximate surface area is 420 Å². The van der Waals surface area contributed by atoms with Gasteiger partial charge in [0.25, 0.3) is 0 Å². The second kappa shape index (κ2) is 21.7. The Balaban J connectivity index is 0.768. The van der Waals surface area contributed by atoms with Crippen molar-refractivity contribution in [3.8, 4) is 32.8 Å². The molecule has 378 valence electrons. The lowest BCUT2D eigenvalue weighted by molar-refractivity contribution is -0.144. The number of nitrogens with zero attached hydrogens (tertiary/aromatic N) is 8. The van der Waals surface area contributed by atoms with Gasteiger partial charge in [0.2, 0.25) is 23.6 Å². The van der Waals surface area contributed by atoms with Gasteiger partial charge in [0.05, 0.1) is 70.6 Å². The molecule has 0 radical (unpaired) electrons. The molecule has 3 N–H and O–H groups in total. The zero-order valence-electron chi connectivity index (χ0n) is 40.9. The molecule has 3 aliphatic heterocycles. The number of hydrogen-bond donors (Lipinski definition) is 3. The summed E-state index contributed by atoms with van der Waals surface area (Å²) in [6, 6.07) is 14.0. The number of likely N-dealkylation sites (tertiary alicyclic amines) is 2. The number of aliphatic hydroxyl groups excluding tert-OH is 1. The minimum atomic E-state index is -1.02. The summed E-state index contributed by atoms with van der Waals surface area (Å²) in [6.07, 6.45) is 5.48. The minimum absolute atomic E-state index is 0.00369. The molecular weight excluding hydrogens is 943 g/mol. The first-order chi connectivity index (χ1) is 34.6. The first-order valence-electron chi connectivity index (χ1n) is 24.5. The molecule has 3 atom stereocenters. The average Bonchev–Trinajstić information content (AvgIpc) is 4.15. The molecule has 4 amide bonds. The minimum Gasteiger partial charge on any atom is -0.391 e. The highest BCUT2D eigenvalue weighted by atomic mass is 32.1. The highest BCUT2D eigenvalue weighted by Crippen LogP contribution is 2.33. The van der Waals surface area contributed by atoms with E-state index in [9.17, 15) is 24.3 Å². The molecule has 3 aliphatic rings. The van der Waals surface area contributed by atoms with Gasteiger partial charge >= 0.3 is 0 Å². The maximum Gasteiger partial charge on any atom is 0.246 e. The van der Waals surface area contributed by atoms with Gasteiger partial charge in [0.1, 0.15) is 23.7 Å². The van der Waals surface area contributed by atoms with E-state index in [1.54, 1.807) is 52.3 Å². The number of halogens is 2. The van der Waals surface area contributed by atoms with Crippen LogP contribution in [0.3, 0.4) is 0 Å². The molecule has 3 saturated heterocycles. The molecule has 9 rings (SSSR count). The van der Waals surface area contributed by atoms with Crippen LogP contribution in [0.2, 0.25) is 0 Å². The highest BCUT2D eigenvalue weighted by Gasteiger charge is 2.44. The first-order valence-corrected chi connectivity index (χ1v) is 25.4. The maximum atomic E-state index is 15.5. The molecule has 72 heavy (non-hydrogen) atoms. The number of thiazole rings is 1. The zero-order valence-corrected chi connectivity index (χ0v) is 41.8. The van der Waals surface area contributed by atoms with Gasteiger partial charge in [-0.25, -0.2) is 18.7 Å². The number of carbonyl (C=O) groups excluding carboxylic acids is 4. The Morgan fingerprint density at radius 1 is 0.917 bits per heavy atom. The number of amides is 4. The van der Waals surface area contributed by atoms with Crippen molar-refractivity contribution in [2.45, 2.75) is 97.1 Å². The Morgan fingerprint density at radius 2 is 1.65 bits per heavy atom. The summed E-state index contributed by atoms with van der Waals surface area (Å²) in [7, 11) is 0. The quantitative estimate of drug-likeness (QED) is 0.109. The molecule has 6 heterocycles. The number of rotatable bonds is 14. The van der Waals surface area contributed by atoms with Crippen molar-refractivity contribution >= 4 is 46.0 Å². The highest BCUT2D eigenvalue weighted by molar-refractivity contribution is 7.13. The number of para-hydroxylation sites is 1. The van der Waals surface area contributed by atoms with E-state index in [-0.39, 0.29) is 56.4 Å². The molecule has 3 aromatic carbocycles. The third-order valence-corrected chi connectivity index (χ3v) is 14.9. The summed E-state index contributed by atoms with van der Waals surface area (Å²) < 4.78 is 38.2. The van der Waals surface area contributed by atoms with Crippen LogP contribution in [0.4, 0.5) is 8.78 Å². The second-order valence-electron chi connectivity index (χ2n) is 20.0. The summed E-state index contributed by atoms with van der Waals surface area (Å²) in [5.74, 6) is -2.75. The van der Waals surface area contributed by atoms with Crippen LogP contribution in [-0.2, 0) is 37.0 Å². The van der Waals surface area contributed by atoms with Gasteiger partial charge < -0.3 is 30.3 Å². The predicted molar refractivity (Wildman–Crippen MR) is 268 cm³/mol. The van der Waals surface area contributed by atoms with Gasteiger partial charge in [-0.15, -0.1) is 11.3 Å². The van der Waals surface area contributed by atoms with Gasteiger partial charge in [0, 0.05) is 88.0 Å². The summed E-state index contributed by atoms with van der Waals surface area (Å²) in [5, 5.41) is 21.1. The van der Waals surface area contributed by atoms with Gasteiger partial charge in [0.15, 0.2) is 0 Å². The van der Waals surface area contributed by atoms with Gasteiger partial charge in [-0.1, -0.05) is 57.2 Å². The van der Waals surface area contributed by atoms with Crippen LogP contribution >= 0.6 is 11.3 Å².